The average Bonchev–Trinajstić information content (AvgIpc) is 2.94. The van der Waals surface area contributed by atoms with Gasteiger partial charge in [-0.1, -0.05) is 6.92 Å². The molecule has 0 amide bonds. The largest absolute Gasteiger partial charge is 0.480 e. The molecule has 0 spiro atoms. The van der Waals surface area contributed by atoms with E-state index in [0.717, 1.165) is 18.7 Å². The summed E-state index contributed by atoms with van der Waals surface area (Å²) in [5.74, 6) is 0.945. The molecular formula is C15H21N3O2S. The molecule has 21 heavy (non-hydrogen) atoms. The number of methoxy groups -OCH3 is 2. The Bertz CT molecular complexity index is 586. The first-order chi connectivity index (χ1) is 10.2. The van der Waals surface area contributed by atoms with Crippen molar-refractivity contribution in [1.29, 1.82) is 0 Å². The third-order valence-electron chi connectivity index (χ3n) is 3.23. The fourth-order valence-electron chi connectivity index (χ4n) is 2.12. The Morgan fingerprint density at radius 3 is 2.67 bits per heavy atom. The van der Waals surface area contributed by atoms with Crippen LogP contribution in [0.3, 0.4) is 0 Å². The van der Waals surface area contributed by atoms with Gasteiger partial charge in [0.1, 0.15) is 5.69 Å². The Hall–Kier alpha value is -1.66. The third-order valence-corrected chi connectivity index (χ3v) is 4.11. The first-order valence-corrected chi connectivity index (χ1v) is 7.86. The van der Waals surface area contributed by atoms with E-state index < -0.39 is 0 Å². The van der Waals surface area contributed by atoms with Crippen LogP contribution in [-0.2, 0) is 0 Å². The molecule has 0 aliphatic rings. The van der Waals surface area contributed by atoms with Gasteiger partial charge in [0.15, 0.2) is 0 Å². The van der Waals surface area contributed by atoms with Gasteiger partial charge in [-0.2, -0.15) is 16.3 Å². The topological polar surface area (TPSA) is 56.3 Å². The lowest BCUT2D eigenvalue weighted by Crippen LogP contribution is -2.25. The molecule has 0 saturated carbocycles. The number of hydrogen-bond donors (Lipinski definition) is 1. The van der Waals surface area contributed by atoms with Crippen LogP contribution in [0.1, 0.15) is 36.2 Å². The van der Waals surface area contributed by atoms with Crippen LogP contribution in [0.15, 0.2) is 17.0 Å². The minimum absolute atomic E-state index is 0.0236. The third kappa shape index (κ3) is 3.51. The minimum Gasteiger partial charge on any atom is -0.480 e. The highest BCUT2D eigenvalue weighted by Gasteiger charge is 2.23. The lowest BCUT2D eigenvalue weighted by molar-refractivity contribution is 0.352. The number of hydrogen-bond acceptors (Lipinski definition) is 6. The summed E-state index contributed by atoms with van der Waals surface area (Å²) in [6.45, 7) is 5.15. The number of nitrogens with zero attached hydrogens (tertiary/aromatic N) is 2. The predicted octanol–water partition coefficient (Wildman–Crippen LogP) is 2.95. The van der Waals surface area contributed by atoms with Gasteiger partial charge in [0.05, 0.1) is 26.5 Å². The van der Waals surface area contributed by atoms with E-state index in [9.17, 15) is 0 Å². The van der Waals surface area contributed by atoms with E-state index in [-0.39, 0.29) is 6.04 Å². The molecule has 2 heterocycles. The number of rotatable bonds is 7. The minimum atomic E-state index is -0.0236. The fourth-order valence-corrected chi connectivity index (χ4v) is 3.00. The average molecular weight is 307 g/mol. The summed E-state index contributed by atoms with van der Waals surface area (Å²) in [4.78, 5) is 8.83. The van der Waals surface area contributed by atoms with Crippen LogP contribution in [0.4, 0.5) is 0 Å². The van der Waals surface area contributed by atoms with E-state index >= 15 is 0 Å². The van der Waals surface area contributed by atoms with Crippen molar-refractivity contribution in [2.75, 3.05) is 20.8 Å². The molecule has 5 nitrogen and oxygen atoms in total. The molecule has 1 atom stereocenters. The van der Waals surface area contributed by atoms with Crippen LogP contribution >= 0.6 is 11.3 Å². The molecule has 0 aliphatic heterocycles. The second kappa shape index (κ2) is 7.38. The molecule has 0 aliphatic carbocycles. The first kappa shape index (κ1) is 15.7. The number of ether oxygens (including phenoxy) is 2. The highest BCUT2D eigenvalue weighted by molar-refractivity contribution is 7.08. The second-order valence-corrected chi connectivity index (χ2v) is 5.45. The Morgan fingerprint density at radius 1 is 1.29 bits per heavy atom. The lowest BCUT2D eigenvalue weighted by Gasteiger charge is -2.20. The van der Waals surface area contributed by atoms with Crippen LogP contribution in [0, 0.1) is 6.92 Å². The van der Waals surface area contributed by atoms with E-state index in [4.69, 9.17) is 9.47 Å². The number of thiophene rings is 1. The van der Waals surface area contributed by atoms with Gasteiger partial charge in [0.25, 0.3) is 0 Å². The zero-order valence-corrected chi connectivity index (χ0v) is 13.7. The Labute approximate surface area is 129 Å². The smallest absolute Gasteiger partial charge is 0.240 e. The van der Waals surface area contributed by atoms with Crippen molar-refractivity contribution in [3.63, 3.8) is 0 Å². The summed E-state index contributed by atoms with van der Waals surface area (Å²) in [6.07, 6.45) is 2.67. The van der Waals surface area contributed by atoms with Crippen LogP contribution in [0.2, 0.25) is 0 Å². The summed E-state index contributed by atoms with van der Waals surface area (Å²) >= 11 is 1.69. The highest BCUT2D eigenvalue weighted by Crippen LogP contribution is 2.31. The lowest BCUT2D eigenvalue weighted by atomic mass is 10.0. The van der Waals surface area contributed by atoms with Gasteiger partial charge in [-0.05, 0) is 41.8 Å². The van der Waals surface area contributed by atoms with E-state index in [0.29, 0.717) is 11.8 Å². The zero-order valence-electron chi connectivity index (χ0n) is 12.8. The Kier molecular flexibility index (Phi) is 5.52. The van der Waals surface area contributed by atoms with Gasteiger partial charge in [0.2, 0.25) is 11.8 Å². The molecule has 0 fully saturated rings. The predicted molar refractivity (Wildman–Crippen MR) is 84.3 cm³/mol. The molecule has 1 unspecified atom stereocenters. The van der Waals surface area contributed by atoms with Gasteiger partial charge in [-0.3, -0.25) is 0 Å². The van der Waals surface area contributed by atoms with Gasteiger partial charge in [0, 0.05) is 0 Å². The van der Waals surface area contributed by atoms with Crippen molar-refractivity contribution in [2.45, 2.75) is 26.3 Å². The summed E-state index contributed by atoms with van der Waals surface area (Å²) in [5.41, 5.74) is 3.24. The Morgan fingerprint density at radius 2 is 2.10 bits per heavy atom. The maximum absolute atomic E-state index is 5.40. The molecule has 2 rings (SSSR count). The molecule has 2 aromatic rings. The van der Waals surface area contributed by atoms with E-state index in [1.165, 1.54) is 11.1 Å². The molecule has 114 valence electrons. The summed E-state index contributed by atoms with van der Waals surface area (Å²) in [7, 11) is 3.17. The summed E-state index contributed by atoms with van der Waals surface area (Å²) in [5, 5.41) is 7.81. The van der Waals surface area contributed by atoms with Crippen LogP contribution in [0.25, 0.3) is 0 Å². The van der Waals surface area contributed by atoms with Crippen LogP contribution in [-0.4, -0.2) is 30.7 Å². The van der Waals surface area contributed by atoms with E-state index in [2.05, 4.69) is 39.9 Å². The molecule has 2 aromatic heterocycles. The van der Waals surface area contributed by atoms with Crippen molar-refractivity contribution >= 4 is 11.3 Å². The zero-order chi connectivity index (χ0) is 15.2. The van der Waals surface area contributed by atoms with Gasteiger partial charge in [-0.25, -0.2) is 4.98 Å². The van der Waals surface area contributed by atoms with Gasteiger partial charge >= 0.3 is 0 Å². The maximum Gasteiger partial charge on any atom is 0.240 e. The van der Waals surface area contributed by atoms with Crippen molar-refractivity contribution in [1.82, 2.24) is 15.3 Å². The summed E-state index contributed by atoms with van der Waals surface area (Å²) < 4.78 is 10.5. The van der Waals surface area contributed by atoms with Crippen molar-refractivity contribution in [3.8, 4) is 11.8 Å². The molecule has 0 saturated heterocycles. The van der Waals surface area contributed by atoms with E-state index in [1.54, 1.807) is 31.8 Å². The van der Waals surface area contributed by atoms with E-state index in [1.807, 2.05) is 0 Å². The second-order valence-electron chi connectivity index (χ2n) is 4.70. The number of aryl methyl sites for hydroxylation is 1. The van der Waals surface area contributed by atoms with Crippen molar-refractivity contribution < 1.29 is 9.47 Å². The fraction of sp³-hybridized carbons (Fsp3) is 0.467. The Balaban J connectivity index is 2.43. The highest BCUT2D eigenvalue weighted by atomic mass is 32.1. The molecule has 0 bridgehead atoms. The maximum atomic E-state index is 5.40. The molecular weight excluding hydrogens is 286 g/mol. The number of nitrogens with one attached hydrogen (secondary N) is 1. The van der Waals surface area contributed by atoms with Crippen LogP contribution < -0.4 is 14.8 Å². The molecule has 1 N–H and O–H groups in total. The molecule has 0 aromatic carbocycles. The number of aromatic nitrogens is 2. The first-order valence-electron chi connectivity index (χ1n) is 6.92. The SMILES string of the molecule is CCCNC(c1cscc1C)c1ncc(OC)nc1OC. The standard InChI is InChI=1S/C15H21N3O2S/c1-5-6-16-13(11-9-21-8-10(11)2)14-15(20-4)18-12(19-3)7-17-14/h7-9,13,16H,5-6H2,1-4H3. The summed E-state index contributed by atoms with van der Waals surface area (Å²) in [6, 6.07) is -0.0236. The van der Waals surface area contributed by atoms with Crippen molar-refractivity contribution in [3.05, 3.63) is 33.8 Å². The molecule has 6 heteroatoms. The van der Waals surface area contributed by atoms with Crippen LogP contribution in [0.5, 0.6) is 11.8 Å². The van der Waals surface area contributed by atoms with Gasteiger partial charge in [-0.15, -0.1) is 0 Å². The quantitative estimate of drug-likeness (QED) is 0.852. The monoisotopic (exact) mass is 307 g/mol. The molecule has 0 radical (unpaired) electrons. The van der Waals surface area contributed by atoms with Crippen molar-refractivity contribution in [2.24, 2.45) is 0 Å². The normalized spacial score (nSPS) is 12.2. The van der Waals surface area contributed by atoms with Gasteiger partial charge < -0.3 is 14.8 Å².